The third kappa shape index (κ3) is 5.64. The minimum Gasteiger partial charge on any atom is -0.459 e. The molecular formula is C21H17N3O5. The lowest BCUT2D eigenvalue weighted by Crippen LogP contribution is -2.20. The predicted molar refractivity (Wildman–Crippen MR) is 107 cm³/mol. The first-order valence-corrected chi connectivity index (χ1v) is 8.65. The van der Waals surface area contributed by atoms with Gasteiger partial charge in [0.15, 0.2) is 5.76 Å². The van der Waals surface area contributed by atoms with E-state index >= 15 is 0 Å². The average molecular weight is 391 g/mol. The molecule has 2 N–H and O–H groups in total. The molecular weight excluding hydrogens is 374 g/mol. The second-order valence-corrected chi connectivity index (χ2v) is 6.04. The van der Waals surface area contributed by atoms with E-state index in [1.165, 1.54) is 30.5 Å². The van der Waals surface area contributed by atoms with Crippen LogP contribution in [0.15, 0.2) is 77.4 Å². The molecule has 0 saturated heterocycles. The van der Waals surface area contributed by atoms with Crippen molar-refractivity contribution in [1.82, 2.24) is 5.32 Å². The summed E-state index contributed by atoms with van der Waals surface area (Å²) in [5, 5.41) is 16.2. The number of anilines is 1. The normalized spacial score (nSPS) is 10.6. The number of hydrogen-bond donors (Lipinski definition) is 2. The van der Waals surface area contributed by atoms with Crippen LogP contribution >= 0.6 is 0 Å². The first-order valence-electron chi connectivity index (χ1n) is 8.65. The summed E-state index contributed by atoms with van der Waals surface area (Å²) in [5.41, 5.74) is 1.88. The average Bonchev–Trinajstić information content (AvgIpc) is 3.26. The number of nitro groups is 1. The van der Waals surface area contributed by atoms with E-state index in [0.717, 1.165) is 5.56 Å². The summed E-state index contributed by atoms with van der Waals surface area (Å²) in [6.07, 6.45) is 4.23. The zero-order valence-electron chi connectivity index (χ0n) is 15.2. The van der Waals surface area contributed by atoms with Gasteiger partial charge in [-0.1, -0.05) is 24.3 Å². The summed E-state index contributed by atoms with van der Waals surface area (Å²) in [7, 11) is 0. The fourth-order valence-corrected chi connectivity index (χ4v) is 2.52. The van der Waals surface area contributed by atoms with E-state index in [9.17, 15) is 19.7 Å². The second kappa shape index (κ2) is 9.14. The van der Waals surface area contributed by atoms with Gasteiger partial charge in [0.1, 0.15) is 0 Å². The lowest BCUT2D eigenvalue weighted by atomic mass is 10.2. The predicted octanol–water partition coefficient (Wildman–Crippen LogP) is 3.77. The summed E-state index contributed by atoms with van der Waals surface area (Å²) in [4.78, 5) is 34.3. The first kappa shape index (κ1) is 19.6. The van der Waals surface area contributed by atoms with Crippen molar-refractivity contribution in [3.8, 4) is 0 Å². The van der Waals surface area contributed by atoms with Crippen molar-refractivity contribution in [2.75, 3.05) is 5.32 Å². The molecule has 29 heavy (non-hydrogen) atoms. The number of nitro benzene ring substituents is 1. The smallest absolute Gasteiger partial charge is 0.291 e. The molecule has 8 heteroatoms. The summed E-state index contributed by atoms with van der Waals surface area (Å²) < 4.78 is 5.05. The van der Waals surface area contributed by atoms with E-state index < -0.39 is 4.92 Å². The molecule has 0 radical (unpaired) electrons. The third-order valence-electron chi connectivity index (χ3n) is 3.90. The monoisotopic (exact) mass is 391 g/mol. The SMILES string of the molecule is O=C(/C=C/c1cccc([N+](=O)[O-])c1)NCc1cccc(NC(=O)c2ccco2)c1. The molecule has 0 spiro atoms. The van der Waals surface area contributed by atoms with E-state index in [0.29, 0.717) is 11.3 Å². The summed E-state index contributed by atoms with van der Waals surface area (Å²) in [6.45, 7) is 0.253. The third-order valence-corrected chi connectivity index (χ3v) is 3.90. The number of carbonyl (C=O) groups excluding carboxylic acids is 2. The molecule has 0 fully saturated rings. The van der Waals surface area contributed by atoms with E-state index in [-0.39, 0.29) is 29.8 Å². The van der Waals surface area contributed by atoms with Crippen LogP contribution in [0, 0.1) is 10.1 Å². The Hall–Kier alpha value is -4.20. The zero-order chi connectivity index (χ0) is 20.6. The van der Waals surface area contributed by atoms with Crippen molar-refractivity contribution in [2.45, 2.75) is 6.54 Å². The highest BCUT2D eigenvalue weighted by molar-refractivity contribution is 6.02. The highest BCUT2D eigenvalue weighted by atomic mass is 16.6. The Bertz CT molecular complexity index is 1060. The Kier molecular flexibility index (Phi) is 6.16. The van der Waals surface area contributed by atoms with Crippen molar-refractivity contribution in [3.05, 3.63) is 100 Å². The summed E-state index contributed by atoms with van der Waals surface area (Å²) in [6, 6.07) is 16.2. The van der Waals surface area contributed by atoms with Crippen molar-refractivity contribution in [2.24, 2.45) is 0 Å². The molecule has 0 unspecified atom stereocenters. The molecule has 3 rings (SSSR count). The maximum absolute atomic E-state index is 12.0. The Morgan fingerprint density at radius 1 is 1.07 bits per heavy atom. The van der Waals surface area contributed by atoms with Gasteiger partial charge in [-0.2, -0.15) is 0 Å². The van der Waals surface area contributed by atoms with Crippen LogP contribution in [-0.2, 0) is 11.3 Å². The molecule has 0 bridgehead atoms. The standard InChI is InChI=1S/C21H17N3O5/c25-20(10-9-15-4-2-7-18(13-15)24(27)28)22-14-16-5-1-6-17(12-16)23-21(26)19-8-3-11-29-19/h1-13H,14H2,(H,22,25)(H,23,26)/b10-9+. The molecule has 2 aromatic carbocycles. The molecule has 2 amide bonds. The number of rotatable bonds is 7. The molecule has 0 aliphatic carbocycles. The maximum atomic E-state index is 12.0. The van der Waals surface area contributed by atoms with Crippen LogP contribution in [0.5, 0.6) is 0 Å². The number of benzene rings is 2. The molecule has 1 heterocycles. The van der Waals surface area contributed by atoms with Gasteiger partial charge in [-0.3, -0.25) is 19.7 Å². The Morgan fingerprint density at radius 3 is 2.66 bits per heavy atom. The molecule has 8 nitrogen and oxygen atoms in total. The zero-order valence-corrected chi connectivity index (χ0v) is 15.2. The minimum atomic E-state index is -0.491. The highest BCUT2D eigenvalue weighted by Crippen LogP contribution is 2.15. The van der Waals surface area contributed by atoms with Gasteiger partial charge in [-0.05, 0) is 41.5 Å². The number of nitrogens with zero attached hydrogens (tertiary/aromatic N) is 1. The lowest BCUT2D eigenvalue weighted by molar-refractivity contribution is -0.384. The van der Waals surface area contributed by atoms with Crippen LogP contribution in [0.1, 0.15) is 21.7 Å². The van der Waals surface area contributed by atoms with Crippen LogP contribution in [0.25, 0.3) is 6.08 Å². The topological polar surface area (TPSA) is 114 Å². The van der Waals surface area contributed by atoms with Crippen molar-refractivity contribution in [1.29, 1.82) is 0 Å². The van der Waals surface area contributed by atoms with Crippen molar-refractivity contribution in [3.63, 3.8) is 0 Å². The van der Waals surface area contributed by atoms with E-state index in [1.807, 2.05) is 6.07 Å². The lowest BCUT2D eigenvalue weighted by Gasteiger charge is -2.07. The van der Waals surface area contributed by atoms with Crippen molar-refractivity contribution >= 4 is 29.3 Å². The minimum absolute atomic E-state index is 0.0408. The van der Waals surface area contributed by atoms with Gasteiger partial charge in [0.05, 0.1) is 11.2 Å². The van der Waals surface area contributed by atoms with Gasteiger partial charge < -0.3 is 15.1 Å². The van der Waals surface area contributed by atoms with Gasteiger partial charge in [0, 0.05) is 30.4 Å². The highest BCUT2D eigenvalue weighted by Gasteiger charge is 2.09. The number of hydrogen-bond acceptors (Lipinski definition) is 5. The Morgan fingerprint density at radius 2 is 1.90 bits per heavy atom. The Balaban J connectivity index is 1.55. The van der Waals surface area contributed by atoms with Gasteiger partial charge in [0.25, 0.3) is 11.6 Å². The van der Waals surface area contributed by atoms with Crippen LogP contribution < -0.4 is 10.6 Å². The second-order valence-electron chi connectivity index (χ2n) is 6.04. The quantitative estimate of drug-likeness (QED) is 0.361. The van der Waals surface area contributed by atoms with E-state index in [1.54, 1.807) is 42.5 Å². The first-order chi connectivity index (χ1) is 14.0. The number of non-ortho nitro benzene ring substituents is 1. The van der Waals surface area contributed by atoms with Crippen LogP contribution in [-0.4, -0.2) is 16.7 Å². The molecule has 0 aliphatic rings. The van der Waals surface area contributed by atoms with Gasteiger partial charge >= 0.3 is 0 Å². The fourth-order valence-electron chi connectivity index (χ4n) is 2.52. The fraction of sp³-hybridized carbons (Fsp3) is 0.0476. The summed E-state index contributed by atoms with van der Waals surface area (Å²) >= 11 is 0. The Labute approximate surface area is 166 Å². The molecule has 1 aromatic heterocycles. The number of carbonyl (C=O) groups is 2. The molecule has 0 saturated carbocycles. The molecule has 3 aromatic rings. The molecule has 146 valence electrons. The number of amides is 2. The van der Waals surface area contributed by atoms with Gasteiger partial charge in [-0.15, -0.1) is 0 Å². The van der Waals surface area contributed by atoms with Gasteiger partial charge in [-0.25, -0.2) is 0 Å². The van der Waals surface area contributed by atoms with Crippen LogP contribution in [0.2, 0.25) is 0 Å². The number of nitrogens with one attached hydrogen (secondary N) is 2. The van der Waals surface area contributed by atoms with Gasteiger partial charge in [0.2, 0.25) is 5.91 Å². The number of furan rings is 1. The molecule has 0 aliphatic heterocycles. The van der Waals surface area contributed by atoms with Crippen LogP contribution in [0.4, 0.5) is 11.4 Å². The van der Waals surface area contributed by atoms with E-state index in [4.69, 9.17) is 4.42 Å². The molecule has 0 atom stereocenters. The maximum Gasteiger partial charge on any atom is 0.291 e. The van der Waals surface area contributed by atoms with Crippen LogP contribution in [0.3, 0.4) is 0 Å². The summed E-state index contributed by atoms with van der Waals surface area (Å²) in [5.74, 6) is -0.507. The van der Waals surface area contributed by atoms with E-state index in [2.05, 4.69) is 10.6 Å². The largest absolute Gasteiger partial charge is 0.459 e. The van der Waals surface area contributed by atoms with Crippen molar-refractivity contribution < 1.29 is 18.9 Å².